The summed E-state index contributed by atoms with van der Waals surface area (Å²) in [6.45, 7) is 4.98. The summed E-state index contributed by atoms with van der Waals surface area (Å²) >= 11 is 12.4. The summed E-state index contributed by atoms with van der Waals surface area (Å²) in [5, 5.41) is 12.8. The Hall–Kier alpha value is -1.89. The summed E-state index contributed by atoms with van der Waals surface area (Å²) in [6, 6.07) is 9.21. The van der Waals surface area contributed by atoms with Gasteiger partial charge in [-0.3, -0.25) is 9.69 Å². The van der Waals surface area contributed by atoms with Crippen LogP contribution in [0.1, 0.15) is 35.3 Å². The molecule has 0 radical (unpaired) electrons. The zero-order chi connectivity index (χ0) is 20.2. The molecule has 2 aliphatic rings. The molecule has 1 aliphatic heterocycles. The van der Waals surface area contributed by atoms with E-state index in [4.69, 9.17) is 23.2 Å². The van der Waals surface area contributed by atoms with Gasteiger partial charge in [-0.25, -0.2) is 0 Å². The first kappa shape index (κ1) is 20.4. The van der Waals surface area contributed by atoms with Crippen LogP contribution in [0.4, 0.5) is 5.82 Å². The van der Waals surface area contributed by atoms with Crippen LogP contribution in [0.3, 0.4) is 0 Å². The molecule has 0 bridgehead atoms. The minimum atomic E-state index is -0.145. The first-order valence-electron chi connectivity index (χ1n) is 10.1. The molecule has 2 fully saturated rings. The Kier molecular flexibility index (Phi) is 6.53. The van der Waals surface area contributed by atoms with E-state index in [1.165, 1.54) is 12.8 Å². The lowest BCUT2D eigenvalue weighted by Crippen LogP contribution is -2.46. The van der Waals surface area contributed by atoms with E-state index in [1.54, 1.807) is 12.1 Å². The molecule has 1 saturated carbocycles. The number of rotatable bonds is 7. The molecule has 1 aromatic heterocycles. The molecular formula is C21H25Cl2N5O. The van der Waals surface area contributed by atoms with Crippen molar-refractivity contribution in [1.29, 1.82) is 0 Å². The highest BCUT2D eigenvalue weighted by molar-refractivity contribution is 6.33. The predicted octanol–water partition coefficient (Wildman–Crippen LogP) is 3.64. The molecule has 1 N–H and O–H groups in total. The van der Waals surface area contributed by atoms with Crippen molar-refractivity contribution in [3.05, 3.63) is 51.6 Å². The number of aromatic nitrogens is 2. The third kappa shape index (κ3) is 5.59. The van der Waals surface area contributed by atoms with Crippen molar-refractivity contribution in [3.63, 3.8) is 0 Å². The van der Waals surface area contributed by atoms with Gasteiger partial charge in [-0.05, 0) is 48.2 Å². The number of nitrogens with one attached hydrogen (secondary N) is 1. The van der Waals surface area contributed by atoms with E-state index in [0.717, 1.165) is 61.5 Å². The molecule has 1 saturated heterocycles. The van der Waals surface area contributed by atoms with E-state index in [9.17, 15) is 4.79 Å². The molecular weight excluding hydrogens is 409 g/mol. The van der Waals surface area contributed by atoms with Gasteiger partial charge in [-0.15, -0.1) is 10.2 Å². The maximum absolute atomic E-state index is 12.1. The molecule has 8 heteroatoms. The molecule has 0 unspecified atom stereocenters. The lowest BCUT2D eigenvalue weighted by Gasteiger charge is -2.35. The van der Waals surface area contributed by atoms with Crippen molar-refractivity contribution in [1.82, 2.24) is 20.4 Å². The van der Waals surface area contributed by atoms with Crippen LogP contribution in [0, 0.1) is 5.92 Å². The number of carbonyl (C=O) groups is 1. The number of anilines is 1. The van der Waals surface area contributed by atoms with Gasteiger partial charge in [0.15, 0.2) is 11.5 Å². The van der Waals surface area contributed by atoms with Gasteiger partial charge < -0.3 is 10.2 Å². The van der Waals surface area contributed by atoms with Crippen LogP contribution in [0.25, 0.3) is 0 Å². The minimum Gasteiger partial charge on any atom is -0.353 e. The number of piperazine rings is 1. The second kappa shape index (κ2) is 9.28. The smallest absolute Gasteiger partial charge is 0.271 e. The molecule has 2 aromatic rings. The van der Waals surface area contributed by atoms with Gasteiger partial charge in [-0.1, -0.05) is 36.0 Å². The first-order chi connectivity index (χ1) is 14.1. The van der Waals surface area contributed by atoms with Crippen LogP contribution < -0.4 is 10.2 Å². The molecule has 0 spiro atoms. The van der Waals surface area contributed by atoms with Gasteiger partial charge in [0.1, 0.15) is 0 Å². The Bertz CT molecular complexity index is 849. The largest absolute Gasteiger partial charge is 0.353 e. The lowest BCUT2D eigenvalue weighted by atomic mass is 10.2. The summed E-state index contributed by atoms with van der Waals surface area (Å²) in [5.74, 6) is 1.46. The number of hydrogen-bond acceptors (Lipinski definition) is 5. The molecule has 1 aromatic carbocycles. The van der Waals surface area contributed by atoms with Crippen molar-refractivity contribution >= 4 is 34.9 Å². The van der Waals surface area contributed by atoms with Crippen LogP contribution in [-0.4, -0.2) is 53.7 Å². The Morgan fingerprint density at radius 3 is 2.55 bits per heavy atom. The number of amides is 1. The topological polar surface area (TPSA) is 61.4 Å². The van der Waals surface area contributed by atoms with Gasteiger partial charge in [-0.2, -0.15) is 0 Å². The van der Waals surface area contributed by atoms with Crippen molar-refractivity contribution in [2.75, 3.05) is 37.6 Å². The number of benzene rings is 1. The van der Waals surface area contributed by atoms with Gasteiger partial charge in [0.2, 0.25) is 0 Å². The Balaban J connectivity index is 1.26. The predicted molar refractivity (Wildman–Crippen MR) is 116 cm³/mol. The van der Waals surface area contributed by atoms with Crippen LogP contribution in [0.2, 0.25) is 10.0 Å². The Morgan fingerprint density at radius 2 is 1.86 bits per heavy atom. The summed E-state index contributed by atoms with van der Waals surface area (Å²) in [7, 11) is 0. The third-order valence-corrected chi connectivity index (χ3v) is 6.12. The number of hydrogen-bond donors (Lipinski definition) is 1. The second-order valence-corrected chi connectivity index (χ2v) is 8.61. The summed E-state index contributed by atoms with van der Waals surface area (Å²) < 4.78 is 0. The van der Waals surface area contributed by atoms with Crippen molar-refractivity contribution in [3.8, 4) is 0 Å². The summed E-state index contributed by atoms with van der Waals surface area (Å²) in [4.78, 5) is 16.7. The standard InChI is InChI=1S/C21H25Cl2N5O/c22-17-3-4-18(23)16(13-17)14-27-9-11-28(12-10-27)20-6-5-19(25-26-20)21(29)24-8-7-15-1-2-15/h3-6,13,15H,1-2,7-12,14H2,(H,24,29). The number of halogens is 2. The Morgan fingerprint density at radius 1 is 1.07 bits per heavy atom. The molecule has 1 aliphatic carbocycles. The molecule has 1 amide bonds. The van der Waals surface area contributed by atoms with E-state index >= 15 is 0 Å². The fraction of sp³-hybridized carbons (Fsp3) is 0.476. The quantitative estimate of drug-likeness (QED) is 0.721. The fourth-order valence-corrected chi connectivity index (χ4v) is 3.91. The van der Waals surface area contributed by atoms with E-state index in [-0.39, 0.29) is 5.91 Å². The van der Waals surface area contributed by atoms with Gasteiger partial charge in [0.05, 0.1) is 0 Å². The average molecular weight is 434 g/mol. The second-order valence-electron chi connectivity index (χ2n) is 7.76. The van der Waals surface area contributed by atoms with Crippen LogP contribution in [0.5, 0.6) is 0 Å². The maximum atomic E-state index is 12.1. The van der Waals surface area contributed by atoms with Crippen molar-refractivity contribution in [2.45, 2.75) is 25.8 Å². The molecule has 6 nitrogen and oxygen atoms in total. The highest BCUT2D eigenvalue weighted by Gasteiger charge is 2.22. The van der Waals surface area contributed by atoms with Crippen LogP contribution in [0.15, 0.2) is 30.3 Å². The zero-order valence-corrected chi connectivity index (χ0v) is 17.8. The maximum Gasteiger partial charge on any atom is 0.271 e. The number of carbonyl (C=O) groups excluding carboxylic acids is 1. The molecule has 154 valence electrons. The fourth-order valence-electron chi connectivity index (χ4n) is 3.54. The van der Waals surface area contributed by atoms with E-state index < -0.39 is 0 Å². The highest BCUT2D eigenvalue weighted by atomic mass is 35.5. The number of nitrogens with zero attached hydrogens (tertiary/aromatic N) is 4. The van der Waals surface area contributed by atoms with E-state index in [2.05, 4.69) is 25.3 Å². The zero-order valence-electron chi connectivity index (χ0n) is 16.3. The summed E-state index contributed by atoms with van der Waals surface area (Å²) in [6.07, 6.45) is 3.65. The van der Waals surface area contributed by atoms with Crippen molar-refractivity contribution in [2.24, 2.45) is 5.92 Å². The van der Waals surface area contributed by atoms with Gasteiger partial charge in [0, 0.05) is 49.3 Å². The average Bonchev–Trinajstić information content (AvgIpc) is 3.56. The first-order valence-corrected chi connectivity index (χ1v) is 10.9. The van der Waals surface area contributed by atoms with Gasteiger partial charge in [0.25, 0.3) is 5.91 Å². The minimum absolute atomic E-state index is 0.145. The monoisotopic (exact) mass is 433 g/mol. The molecule has 0 atom stereocenters. The summed E-state index contributed by atoms with van der Waals surface area (Å²) in [5.41, 5.74) is 1.42. The SMILES string of the molecule is O=C(NCCC1CC1)c1ccc(N2CCN(Cc3cc(Cl)ccc3Cl)CC2)nn1. The van der Waals surface area contributed by atoms with Crippen LogP contribution in [-0.2, 0) is 6.54 Å². The normalized spacial score (nSPS) is 17.4. The lowest BCUT2D eigenvalue weighted by molar-refractivity contribution is 0.0946. The molecule has 29 heavy (non-hydrogen) atoms. The molecule has 2 heterocycles. The van der Waals surface area contributed by atoms with E-state index in [0.29, 0.717) is 17.3 Å². The Labute approximate surface area is 181 Å². The van der Waals surface area contributed by atoms with Gasteiger partial charge >= 0.3 is 0 Å². The van der Waals surface area contributed by atoms with E-state index in [1.807, 2.05) is 18.2 Å². The highest BCUT2D eigenvalue weighted by Crippen LogP contribution is 2.31. The molecule has 4 rings (SSSR count). The third-order valence-electron chi connectivity index (χ3n) is 5.52. The van der Waals surface area contributed by atoms with Crippen LogP contribution >= 0.6 is 23.2 Å². The van der Waals surface area contributed by atoms with Crippen molar-refractivity contribution < 1.29 is 4.79 Å².